The SMILES string of the molecule is O=c1[nH]nc(Cc2ccccc2)n1/N=C/c1ccc(O)c(O)c1. The van der Waals surface area contributed by atoms with Gasteiger partial charge in [0.1, 0.15) is 0 Å². The van der Waals surface area contributed by atoms with Gasteiger partial charge in [0.25, 0.3) is 0 Å². The summed E-state index contributed by atoms with van der Waals surface area (Å²) in [6, 6.07) is 13.9. The molecule has 0 aliphatic rings. The van der Waals surface area contributed by atoms with Crippen molar-refractivity contribution in [3.05, 3.63) is 76.0 Å². The molecule has 3 N–H and O–H groups in total. The van der Waals surface area contributed by atoms with Gasteiger partial charge in [-0.3, -0.25) is 0 Å². The van der Waals surface area contributed by atoms with Gasteiger partial charge in [-0.1, -0.05) is 30.3 Å². The maximum Gasteiger partial charge on any atom is 0.364 e. The van der Waals surface area contributed by atoms with E-state index in [4.69, 9.17) is 0 Å². The average molecular weight is 310 g/mol. The Hall–Kier alpha value is -3.35. The first-order valence-corrected chi connectivity index (χ1v) is 6.90. The summed E-state index contributed by atoms with van der Waals surface area (Å²) in [5.41, 5.74) is 1.10. The molecule has 0 radical (unpaired) electrons. The molecule has 0 saturated carbocycles. The van der Waals surface area contributed by atoms with Gasteiger partial charge in [-0.25, -0.2) is 9.89 Å². The van der Waals surface area contributed by atoms with Crippen molar-refractivity contribution in [2.24, 2.45) is 5.10 Å². The number of hydrogen-bond donors (Lipinski definition) is 3. The van der Waals surface area contributed by atoms with E-state index in [0.29, 0.717) is 17.8 Å². The van der Waals surface area contributed by atoms with E-state index in [9.17, 15) is 15.0 Å². The van der Waals surface area contributed by atoms with E-state index in [1.807, 2.05) is 30.3 Å². The minimum absolute atomic E-state index is 0.215. The summed E-state index contributed by atoms with van der Waals surface area (Å²) in [6.07, 6.45) is 1.86. The number of hydrogen-bond acceptors (Lipinski definition) is 5. The van der Waals surface area contributed by atoms with Crippen molar-refractivity contribution >= 4 is 6.21 Å². The first-order chi connectivity index (χ1) is 11.1. The lowest BCUT2D eigenvalue weighted by Crippen LogP contribution is -2.15. The van der Waals surface area contributed by atoms with Crippen molar-refractivity contribution in [3.8, 4) is 11.5 Å². The number of aromatic nitrogens is 3. The summed E-state index contributed by atoms with van der Waals surface area (Å²) in [4.78, 5) is 11.8. The highest BCUT2D eigenvalue weighted by atomic mass is 16.3. The molecule has 0 fully saturated rings. The van der Waals surface area contributed by atoms with Crippen LogP contribution in [0.5, 0.6) is 11.5 Å². The minimum atomic E-state index is -0.449. The van der Waals surface area contributed by atoms with Crippen LogP contribution in [0.15, 0.2) is 58.4 Å². The molecule has 0 unspecified atom stereocenters. The highest BCUT2D eigenvalue weighted by molar-refractivity contribution is 5.80. The standard InChI is InChI=1S/C16H14N4O3/c21-13-7-6-12(8-14(13)22)10-17-20-15(18-19-16(20)23)9-11-4-2-1-3-5-11/h1-8,10,21-22H,9H2,(H,19,23)/b17-10+. The van der Waals surface area contributed by atoms with Crippen LogP contribution in [-0.4, -0.2) is 31.3 Å². The second-order valence-electron chi connectivity index (χ2n) is 4.91. The van der Waals surface area contributed by atoms with E-state index < -0.39 is 5.69 Å². The maximum atomic E-state index is 11.8. The molecule has 1 heterocycles. The summed E-state index contributed by atoms with van der Waals surface area (Å²) < 4.78 is 1.16. The zero-order chi connectivity index (χ0) is 16.2. The van der Waals surface area contributed by atoms with Crippen LogP contribution < -0.4 is 5.69 Å². The highest BCUT2D eigenvalue weighted by Crippen LogP contribution is 2.24. The van der Waals surface area contributed by atoms with Crippen LogP contribution in [0.4, 0.5) is 0 Å². The number of aromatic amines is 1. The van der Waals surface area contributed by atoms with E-state index in [2.05, 4.69) is 15.3 Å². The molecule has 2 aromatic carbocycles. The van der Waals surface area contributed by atoms with E-state index >= 15 is 0 Å². The Balaban J connectivity index is 1.88. The normalized spacial score (nSPS) is 11.1. The van der Waals surface area contributed by atoms with E-state index in [0.717, 1.165) is 10.2 Å². The number of aromatic hydroxyl groups is 2. The van der Waals surface area contributed by atoms with Crippen LogP contribution in [0.25, 0.3) is 0 Å². The monoisotopic (exact) mass is 310 g/mol. The van der Waals surface area contributed by atoms with Crippen molar-refractivity contribution in [1.29, 1.82) is 0 Å². The van der Waals surface area contributed by atoms with Gasteiger partial charge in [0, 0.05) is 6.42 Å². The van der Waals surface area contributed by atoms with E-state index in [-0.39, 0.29) is 11.5 Å². The van der Waals surface area contributed by atoms with Crippen LogP contribution in [-0.2, 0) is 6.42 Å². The summed E-state index contributed by atoms with van der Waals surface area (Å²) in [7, 11) is 0. The molecule has 0 aliphatic heterocycles. The molecule has 0 aliphatic carbocycles. The Morgan fingerprint density at radius 3 is 2.65 bits per heavy atom. The van der Waals surface area contributed by atoms with E-state index in [1.165, 1.54) is 18.3 Å². The van der Waals surface area contributed by atoms with E-state index in [1.54, 1.807) is 6.07 Å². The maximum absolute atomic E-state index is 11.8. The van der Waals surface area contributed by atoms with Crippen molar-refractivity contribution in [1.82, 2.24) is 14.9 Å². The molecule has 1 aromatic heterocycles. The van der Waals surface area contributed by atoms with Gasteiger partial charge in [0.2, 0.25) is 0 Å². The number of benzene rings is 2. The molecule has 0 bridgehead atoms. The van der Waals surface area contributed by atoms with Gasteiger partial charge >= 0.3 is 5.69 Å². The Morgan fingerprint density at radius 1 is 1.13 bits per heavy atom. The average Bonchev–Trinajstić information content (AvgIpc) is 2.90. The predicted octanol–water partition coefficient (Wildman–Crippen LogP) is 1.46. The third-order valence-electron chi connectivity index (χ3n) is 3.24. The molecular weight excluding hydrogens is 296 g/mol. The molecule has 3 aromatic rings. The fraction of sp³-hybridized carbons (Fsp3) is 0.0625. The summed E-state index contributed by atoms with van der Waals surface area (Å²) in [6.45, 7) is 0. The number of H-pyrrole nitrogens is 1. The Bertz CT molecular complexity index is 897. The first-order valence-electron chi connectivity index (χ1n) is 6.90. The molecule has 0 saturated heterocycles. The molecule has 3 rings (SSSR count). The minimum Gasteiger partial charge on any atom is -0.504 e. The fourth-order valence-corrected chi connectivity index (χ4v) is 2.08. The van der Waals surface area contributed by atoms with Gasteiger partial charge in [0.05, 0.1) is 6.21 Å². The van der Waals surface area contributed by atoms with Crippen molar-refractivity contribution in [2.75, 3.05) is 0 Å². The fourth-order valence-electron chi connectivity index (χ4n) is 2.08. The molecule has 0 atom stereocenters. The quantitative estimate of drug-likeness (QED) is 0.501. The lowest BCUT2D eigenvalue weighted by Gasteiger charge is -2.01. The third kappa shape index (κ3) is 3.29. The zero-order valence-electron chi connectivity index (χ0n) is 12.0. The van der Waals surface area contributed by atoms with Gasteiger partial charge in [-0.05, 0) is 29.3 Å². The summed E-state index contributed by atoms with van der Waals surface area (Å²) in [5.74, 6) is 0.00541. The second kappa shape index (κ2) is 6.18. The van der Waals surface area contributed by atoms with Gasteiger partial charge in [0.15, 0.2) is 17.3 Å². The van der Waals surface area contributed by atoms with Crippen LogP contribution in [0, 0.1) is 0 Å². The highest BCUT2D eigenvalue weighted by Gasteiger charge is 2.08. The Labute approximate surface area is 131 Å². The van der Waals surface area contributed by atoms with Crippen molar-refractivity contribution < 1.29 is 10.2 Å². The lowest BCUT2D eigenvalue weighted by atomic mass is 10.1. The lowest BCUT2D eigenvalue weighted by molar-refractivity contribution is 0.403. The number of phenols is 2. The van der Waals surface area contributed by atoms with Gasteiger partial charge in [-0.15, -0.1) is 0 Å². The first kappa shape index (κ1) is 14.6. The number of nitrogens with zero attached hydrogens (tertiary/aromatic N) is 3. The van der Waals surface area contributed by atoms with Gasteiger partial charge in [-0.2, -0.15) is 14.9 Å². The molecular formula is C16H14N4O3. The Morgan fingerprint density at radius 2 is 1.91 bits per heavy atom. The van der Waals surface area contributed by atoms with Crippen molar-refractivity contribution in [3.63, 3.8) is 0 Å². The Kier molecular flexibility index (Phi) is 3.92. The summed E-state index contributed by atoms with van der Waals surface area (Å²) in [5, 5.41) is 29.2. The molecule has 116 valence electrons. The molecule has 7 nitrogen and oxygen atoms in total. The van der Waals surface area contributed by atoms with Crippen LogP contribution >= 0.6 is 0 Å². The number of phenolic OH excluding ortho intramolecular Hbond substituents is 2. The molecule has 23 heavy (non-hydrogen) atoms. The smallest absolute Gasteiger partial charge is 0.364 e. The zero-order valence-corrected chi connectivity index (χ0v) is 12.0. The van der Waals surface area contributed by atoms with Gasteiger partial charge < -0.3 is 10.2 Å². The molecule has 0 amide bonds. The van der Waals surface area contributed by atoms with Crippen LogP contribution in [0.1, 0.15) is 17.0 Å². The topological polar surface area (TPSA) is 104 Å². The molecule has 0 spiro atoms. The van der Waals surface area contributed by atoms with Crippen LogP contribution in [0.2, 0.25) is 0 Å². The number of nitrogens with one attached hydrogen (secondary N) is 1. The third-order valence-corrected chi connectivity index (χ3v) is 3.24. The summed E-state index contributed by atoms with van der Waals surface area (Å²) >= 11 is 0. The molecule has 7 heteroatoms. The predicted molar refractivity (Wildman–Crippen MR) is 84.9 cm³/mol. The largest absolute Gasteiger partial charge is 0.504 e. The second-order valence-corrected chi connectivity index (χ2v) is 4.91. The van der Waals surface area contributed by atoms with Crippen LogP contribution in [0.3, 0.4) is 0 Å². The number of rotatable bonds is 4. The van der Waals surface area contributed by atoms with Crippen molar-refractivity contribution in [2.45, 2.75) is 6.42 Å².